The summed E-state index contributed by atoms with van der Waals surface area (Å²) < 4.78 is 5.55. The van der Waals surface area contributed by atoms with Crippen LogP contribution in [0.15, 0.2) is 12.1 Å². The molecule has 2 nitrogen and oxygen atoms in total. The molecule has 0 aliphatic carbocycles. The highest BCUT2D eigenvalue weighted by molar-refractivity contribution is 6.33. The Morgan fingerprint density at radius 2 is 2.21 bits per heavy atom. The Kier molecular flexibility index (Phi) is 2.55. The van der Waals surface area contributed by atoms with E-state index in [1.807, 2.05) is 6.07 Å². The SMILES string of the molecule is CC(C)c1cc(Cl)c2c(c1)OCCN2. The van der Waals surface area contributed by atoms with Gasteiger partial charge in [-0.2, -0.15) is 0 Å². The average Bonchev–Trinajstić information content (AvgIpc) is 2.17. The standard InChI is InChI=1S/C11H14ClNO/c1-7(2)8-5-9(12)11-10(6-8)14-4-3-13-11/h5-7,13H,3-4H2,1-2H3. The topological polar surface area (TPSA) is 21.3 Å². The van der Waals surface area contributed by atoms with Gasteiger partial charge in [-0.05, 0) is 23.6 Å². The van der Waals surface area contributed by atoms with Gasteiger partial charge in [0.05, 0.1) is 10.7 Å². The fraction of sp³-hybridized carbons (Fsp3) is 0.455. The highest BCUT2D eigenvalue weighted by atomic mass is 35.5. The largest absolute Gasteiger partial charge is 0.490 e. The first-order valence-corrected chi connectivity index (χ1v) is 5.26. The smallest absolute Gasteiger partial charge is 0.144 e. The predicted octanol–water partition coefficient (Wildman–Crippen LogP) is 3.27. The van der Waals surface area contributed by atoms with E-state index in [1.54, 1.807) is 0 Å². The van der Waals surface area contributed by atoms with Crippen molar-refractivity contribution in [2.75, 3.05) is 18.5 Å². The number of rotatable bonds is 1. The molecule has 1 aromatic carbocycles. The molecule has 0 saturated heterocycles. The Bertz CT molecular complexity index is 349. The summed E-state index contributed by atoms with van der Waals surface area (Å²) >= 11 is 6.15. The van der Waals surface area contributed by atoms with E-state index < -0.39 is 0 Å². The van der Waals surface area contributed by atoms with Crippen LogP contribution in [0.3, 0.4) is 0 Å². The van der Waals surface area contributed by atoms with Gasteiger partial charge >= 0.3 is 0 Å². The van der Waals surface area contributed by atoms with Crippen LogP contribution in [0, 0.1) is 0 Å². The second kappa shape index (κ2) is 3.70. The first-order valence-electron chi connectivity index (χ1n) is 4.88. The maximum absolute atomic E-state index is 6.15. The van der Waals surface area contributed by atoms with Gasteiger partial charge in [0.25, 0.3) is 0 Å². The lowest BCUT2D eigenvalue weighted by atomic mass is 10.0. The molecule has 1 aromatic rings. The summed E-state index contributed by atoms with van der Waals surface area (Å²) in [6.07, 6.45) is 0. The van der Waals surface area contributed by atoms with E-state index in [-0.39, 0.29) is 0 Å². The molecule has 0 amide bonds. The number of hydrogen-bond acceptors (Lipinski definition) is 2. The first-order chi connectivity index (χ1) is 6.68. The van der Waals surface area contributed by atoms with Crippen LogP contribution in [0.25, 0.3) is 0 Å². The van der Waals surface area contributed by atoms with Crippen molar-refractivity contribution in [3.05, 3.63) is 22.7 Å². The molecule has 0 unspecified atom stereocenters. The predicted molar refractivity (Wildman–Crippen MR) is 59.5 cm³/mol. The number of ether oxygens (including phenoxy) is 1. The van der Waals surface area contributed by atoms with E-state index in [4.69, 9.17) is 16.3 Å². The minimum Gasteiger partial charge on any atom is -0.490 e. The van der Waals surface area contributed by atoms with E-state index in [9.17, 15) is 0 Å². The van der Waals surface area contributed by atoms with Crippen molar-refractivity contribution in [3.63, 3.8) is 0 Å². The van der Waals surface area contributed by atoms with Gasteiger partial charge in [0.2, 0.25) is 0 Å². The number of nitrogens with one attached hydrogen (secondary N) is 1. The molecule has 3 heteroatoms. The maximum Gasteiger partial charge on any atom is 0.144 e. The zero-order chi connectivity index (χ0) is 10.1. The third-order valence-corrected chi connectivity index (χ3v) is 2.70. The van der Waals surface area contributed by atoms with Crippen LogP contribution in [-0.4, -0.2) is 13.2 Å². The number of anilines is 1. The molecule has 0 saturated carbocycles. The first kappa shape index (κ1) is 9.66. The summed E-state index contributed by atoms with van der Waals surface area (Å²) in [7, 11) is 0. The monoisotopic (exact) mass is 211 g/mol. The molecule has 0 fully saturated rings. The lowest BCUT2D eigenvalue weighted by molar-refractivity contribution is 0.323. The van der Waals surface area contributed by atoms with Gasteiger partial charge < -0.3 is 10.1 Å². The summed E-state index contributed by atoms with van der Waals surface area (Å²) in [5, 5.41) is 4.00. The van der Waals surface area contributed by atoms with Crippen molar-refractivity contribution in [2.45, 2.75) is 19.8 Å². The molecule has 0 spiro atoms. The number of halogens is 1. The van der Waals surface area contributed by atoms with Crippen LogP contribution in [0.5, 0.6) is 5.75 Å². The number of benzene rings is 1. The van der Waals surface area contributed by atoms with Crippen LogP contribution < -0.4 is 10.1 Å². The van der Waals surface area contributed by atoms with Crippen LogP contribution in [0.4, 0.5) is 5.69 Å². The van der Waals surface area contributed by atoms with Gasteiger partial charge in [-0.3, -0.25) is 0 Å². The molecule has 14 heavy (non-hydrogen) atoms. The fourth-order valence-electron chi connectivity index (χ4n) is 1.56. The maximum atomic E-state index is 6.15. The minimum atomic E-state index is 0.475. The normalized spacial score (nSPS) is 14.6. The number of fused-ring (bicyclic) bond motifs is 1. The molecule has 1 aliphatic heterocycles. The minimum absolute atomic E-state index is 0.475. The van der Waals surface area contributed by atoms with E-state index in [0.717, 1.165) is 23.0 Å². The molecule has 2 rings (SSSR count). The lowest BCUT2D eigenvalue weighted by Crippen LogP contribution is -2.18. The molecule has 1 heterocycles. The van der Waals surface area contributed by atoms with Crippen LogP contribution in [0.2, 0.25) is 5.02 Å². The molecule has 0 atom stereocenters. The van der Waals surface area contributed by atoms with Crippen LogP contribution in [-0.2, 0) is 0 Å². The molecular formula is C11H14ClNO. The van der Waals surface area contributed by atoms with Gasteiger partial charge in [0.15, 0.2) is 0 Å². The lowest BCUT2D eigenvalue weighted by Gasteiger charge is -2.21. The van der Waals surface area contributed by atoms with Gasteiger partial charge in [0.1, 0.15) is 12.4 Å². The van der Waals surface area contributed by atoms with Crippen molar-refractivity contribution in [3.8, 4) is 5.75 Å². The summed E-state index contributed by atoms with van der Waals surface area (Å²) in [5.41, 5.74) is 2.15. The zero-order valence-corrected chi connectivity index (χ0v) is 9.19. The summed E-state index contributed by atoms with van der Waals surface area (Å²) in [4.78, 5) is 0. The average molecular weight is 212 g/mol. The van der Waals surface area contributed by atoms with Crippen molar-refractivity contribution >= 4 is 17.3 Å². The Morgan fingerprint density at radius 1 is 1.43 bits per heavy atom. The van der Waals surface area contributed by atoms with E-state index >= 15 is 0 Å². The summed E-state index contributed by atoms with van der Waals surface area (Å²) in [6, 6.07) is 4.07. The molecule has 0 bridgehead atoms. The van der Waals surface area contributed by atoms with Crippen molar-refractivity contribution in [1.29, 1.82) is 0 Å². The highest BCUT2D eigenvalue weighted by Crippen LogP contribution is 2.37. The van der Waals surface area contributed by atoms with Crippen LogP contribution in [0.1, 0.15) is 25.3 Å². The van der Waals surface area contributed by atoms with E-state index in [0.29, 0.717) is 12.5 Å². The second-order valence-electron chi connectivity index (χ2n) is 3.81. The third kappa shape index (κ3) is 1.67. The molecule has 1 aliphatic rings. The van der Waals surface area contributed by atoms with Crippen LogP contribution >= 0.6 is 11.6 Å². The highest BCUT2D eigenvalue weighted by Gasteiger charge is 2.15. The van der Waals surface area contributed by atoms with E-state index in [2.05, 4.69) is 25.2 Å². The van der Waals surface area contributed by atoms with E-state index in [1.165, 1.54) is 5.56 Å². The second-order valence-corrected chi connectivity index (χ2v) is 4.21. The third-order valence-electron chi connectivity index (χ3n) is 2.40. The van der Waals surface area contributed by atoms with Crippen molar-refractivity contribution < 1.29 is 4.74 Å². The Balaban J connectivity index is 2.46. The zero-order valence-electron chi connectivity index (χ0n) is 8.43. The van der Waals surface area contributed by atoms with Gasteiger partial charge in [-0.25, -0.2) is 0 Å². The molecule has 0 radical (unpaired) electrons. The quantitative estimate of drug-likeness (QED) is 0.770. The molecule has 0 aromatic heterocycles. The van der Waals surface area contributed by atoms with Gasteiger partial charge in [-0.15, -0.1) is 0 Å². The Morgan fingerprint density at radius 3 is 2.93 bits per heavy atom. The fourth-order valence-corrected chi connectivity index (χ4v) is 1.84. The van der Waals surface area contributed by atoms with Gasteiger partial charge in [-0.1, -0.05) is 25.4 Å². The van der Waals surface area contributed by atoms with Gasteiger partial charge in [0, 0.05) is 6.54 Å². The van der Waals surface area contributed by atoms with Crippen molar-refractivity contribution in [1.82, 2.24) is 0 Å². The molecular weight excluding hydrogens is 198 g/mol. The Hall–Kier alpha value is -0.890. The number of hydrogen-bond donors (Lipinski definition) is 1. The van der Waals surface area contributed by atoms with Crippen molar-refractivity contribution in [2.24, 2.45) is 0 Å². The Labute approximate surface area is 89.2 Å². The summed E-state index contributed by atoms with van der Waals surface area (Å²) in [6.45, 7) is 5.83. The molecule has 1 N–H and O–H groups in total. The summed E-state index contributed by atoms with van der Waals surface area (Å²) in [5.74, 6) is 1.36. The molecule has 76 valence electrons.